The Morgan fingerprint density at radius 1 is 1.39 bits per heavy atom. The second-order valence-corrected chi connectivity index (χ2v) is 5.47. The Labute approximate surface area is 114 Å². The molecule has 1 heterocycles. The lowest BCUT2D eigenvalue weighted by molar-refractivity contribution is 0.229. The first-order chi connectivity index (χ1) is 8.75. The molecule has 0 saturated heterocycles. The van der Waals surface area contributed by atoms with E-state index in [0.29, 0.717) is 11.0 Å². The van der Waals surface area contributed by atoms with Gasteiger partial charge in [0.05, 0.1) is 4.99 Å². The van der Waals surface area contributed by atoms with Gasteiger partial charge in [-0.25, -0.2) is 0 Å². The van der Waals surface area contributed by atoms with E-state index in [0.717, 1.165) is 25.2 Å². The van der Waals surface area contributed by atoms with E-state index in [1.165, 1.54) is 25.7 Å². The fourth-order valence-electron chi connectivity index (χ4n) is 2.66. The van der Waals surface area contributed by atoms with E-state index in [1.54, 1.807) is 0 Å². The highest BCUT2D eigenvalue weighted by Crippen LogP contribution is 2.23. The summed E-state index contributed by atoms with van der Waals surface area (Å²) in [7, 11) is 0. The lowest BCUT2D eigenvalue weighted by atomic mass is 10.2. The number of nitrogens with two attached hydrogens (primary N) is 1. The van der Waals surface area contributed by atoms with Gasteiger partial charge in [0.1, 0.15) is 0 Å². The van der Waals surface area contributed by atoms with Crippen LogP contribution in [-0.4, -0.2) is 34.0 Å². The standard InChI is InChI=1S/C14H21N3S/c15-14(18)11-17(13-6-1-2-7-13)10-8-12-5-3-4-9-16-12/h3-5,9,13H,1-2,6-8,10-11H2,(H2,15,18). The summed E-state index contributed by atoms with van der Waals surface area (Å²) in [5, 5.41) is 0. The second-order valence-electron chi connectivity index (χ2n) is 4.95. The lowest BCUT2D eigenvalue weighted by Crippen LogP contribution is -2.40. The van der Waals surface area contributed by atoms with Crippen molar-refractivity contribution >= 4 is 17.2 Å². The first-order valence-corrected chi connectivity index (χ1v) is 7.09. The van der Waals surface area contributed by atoms with Crippen LogP contribution in [0.4, 0.5) is 0 Å². The number of nitrogens with zero attached hydrogens (tertiary/aromatic N) is 2. The van der Waals surface area contributed by atoms with E-state index in [2.05, 4.69) is 16.0 Å². The third-order valence-electron chi connectivity index (χ3n) is 3.58. The molecule has 4 heteroatoms. The van der Waals surface area contributed by atoms with Crippen molar-refractivity contribution in [3.63, 3.8) is 0 Å². The number of rotatable bonds is 6. The molecular weight excluding hydrogens is 242 g/mol. The van der Waals surface area contributed by atoms with Crippen LogP contribution in [0, 0.1) is 0 Å². The summed E-state index contributed by atoms with van der Waals surface area (Å²) in [4.78, 5) is 7.40. The third kappa shape index (κ3) is 4.03. The van der Waals surface area contributed by atoms with Crippen LogP contribution in [0.25, 0.3) is 0 Å². The zero-order valence-electron chi connectivity index (χ0n) is 10.7. The molecule has 1 saturated carbocycles. The average Bonchev–Trinajstić information content (AvgIpc) is 2.89. The monoisotopic (exact) mass is 263 g/mol. The number of aromatic nitrogens is 1. The van der Waals surface area contributed by atoms with E-state index in [-0.39, 0.29) is 0 Å². The lowest BCUT2D eigenvalue weighted by Gasteiger charge is -2.28. The largest absolute Gasteiger partial charge is 0.392 e. The number of pyridine rings is 1. The molecule has 0 unspecified atom stereocenters. The van der Waals surface area contributed by atoms with Crippen LogP contribution in [0.5, 0.6) is 0 Å². The van der Waals surface area contributed by atoms with Crippen molar-refractivity contribution in [3.8, 4) is 0 Å². The van der Waals surface area contributed by atoms with Gasteiger partial charge in [-0.2, -0.15) is 0 Å². The smallest absolute Gasteiger partial charge is 0.0870 e. The maximum Gasteiger partial charge on any atom is 0.0870 e. The van der Waals surface area contributed by atoms with Gasteiger partial charge in [-0.1, -0.05) is 31.1 Å². The topological polar surface area (TPSA) is 42.1 Å². The Balaban J connectivity index is 1.90. The molecule has 1 aliphatic rings. The van der Waals surface area contributed by atoms with Crippen molar-refractivity contribution in [1.82, 2.24) is 9.88 Å². The van der Waals surface area contributed by atoms with Crippen LogP contribution in [-0.2, 0) is 6.42 Å². The van der Waals surface area contributed by atoms with E-state index >= 15 is 0 Å². The summed E-state index contributed by atoms with van der Waals surface area (Å²) >= 11 is 5.06. The molecule has 0 spiro atoms. The molecule has 18 heavy (non-hydrogen) atoms. The Morgan fingerprint density at radius 2 is 2.17 bits per heavy atom. The fourth-order valence-corrected chi connectivity index (χ4v) is 2.83. The van der Waals surface area contributed by atoms with Crippen molar-refractivity contribution in [2.75, 3.05) is 13.1 Å². The molecule has 1 aliphatic carbocycles. The van der Waals surface area contributed by atoms with Gasteiger partial charge < -0.3 is 5.73 Å². The molecule has 0 aliphatic heterocycles. The van der Waals surface area contributed by atoms with Crippen LogP contribution in [0.3, 0.4) is 0 Å². The molecular formula is C14H21N3S. The Hall–Kier alpha value is -1.00. The zero-order valence-corrected chi connectivity index (χ0v) is 11.5. The van der Waals surface area contributed by atoms with Gasteiger partial charge in [0.2, 0.25) is 0 Å². The van der Waals surface area contributed by atoms with Gasteiger partial charge in [0.25, 0.3) is 0 Å². The molecule has 98 valence electrons. The SMILES string of the molecule is NC(=S)CN(CCc1ccccn1)C1CCCC1. The molecule has 1 aromatic rings. The normalized spacial score (nSPS) is 16.3. The van der Waals surface area contributed by atoms with E-state index in [4.69, 9.17) is 18.0 Å². The molecule has 0 aromatic carbocycles. The van der Waals surface area contributed by atoms with E-state index in [9.17, 15) is 0 Å². The molecule has 1 fully saturated rings. The van der Waals surface area contributed by atoms with Gasteiger partial charge in [-0.05, 0) is 25.0 Å². The highest BCUT2D eigenvalue weighted by Gasteiger charge is 2.22. The van der Waals surface area contributed by atoms with Gasteiger partial charge in [0, 0.05) is 37.4 Å². The van der Waals surface area contributed by atoms with E-state index < -0.39 is 0 Å². The summed E-state index contributed by atoms with van der Waals surface area (Å²) in [5.41, 5.74) is 6.85. The second kappa shape index (κ2) is 6.81. The van der Waals surface area contributed by atoms with Crippen molar-refractivity contribution in [1.29, 1.82) is 0 Å². The quantitative estimate of drug-likeness (QED) is 0.799. The van der Waals surface area contributed by atoms with Crippen molar-refractivity contribution in [2.45, 2.75) is 38.1 Å². The summed E-state index contributed by atoms with van der Waals surface area (Å²) in [6.07, 6.45) is 8.06. The molecule has 0 amide bonds. The molecule has 2 rings (SSSR count). The van der Waals surface area contributed by atoms with Crippen molar-refractivity contribution < 1.29 is 0 Å². The molecule has 0 radical (unpaired) electrons. The number of thiocarbonyl (C=S) groups is 1. The zero-order chi connectivity index (χ0) is 12.8. The van der Waals surface area contributed by atoms with Crippen LogP contribution in [0.1, 0.15) is 31.4 Å². The molecule has 3 nitrogen and oxygen atoms in total. The highest BCUT2D eigenvalue weighted by molar-refractivity contribution is 7.80. The van der Waals surface area contributed by atoms with E-state index in [1.807, 2.05) is 18.3 Å². The Morgan fingerprint density at radius 3 is 2.78 bits per heavy atom. The number of hydrogen-bond donors (Lipinski definition) is 1. The van der Waals surface area contributed by atoms with Gasteiger partial charge >= 0.3 is 0 Å². The van der Waals surface area contributed by atoms with Gasteiger partial charge in [-0.3, -0.25) is 9.88 Å². The van der Waals surface area contributed by atoms with Gasteiger partial charge in [-0.15, -0.1) is 0 Å². The Kier molecular flexibility index (Phi) is 5.08. The summed E-state index contributed by atoms with van der Waals surface area (Å²) < 4.78 is 0. The molecule has 0 atom stereocenters. The predicted octanol–water partition coefficient (Wildman–Crippen LogP) is 2.15. The van der Waals surface area contributed by atoms with Crippen molar-refractivity contribution in [2.24, 2.45) is 5.73 Å². The molecule has 2 N–H and O–H groups in total. The van der Waals surface area contributed by atoms with Crippen molar-refractivity contribution in [3.05, 3.63) is 30.1 Å². The minimum absolute atomic E-state index is 0.600. The fraction of sp³-hybridized carbons (Fsp3) is 0.571. The molecule has 1 aromatic heterocycles. The minimum atomic E-state index is 0.600. The first kappa shape index (κ1) is 13.4. The Bertz CT molecular complexity index is 374. The molecule has 0 bridgehead atoms. The first-order valence-electron chi connectivity index (χ1n) is 6.68. The summed E-state index contributed by atoms with van der Waals surface area (Å²) in [5.74, 6) is 0. The van der Waals surface area contributed by atoms with Crippen LogP contribution in [0.15, 0.2) is 24.4 Å². The summed E-state index contributed by atoms with van der Waals surface area (Å²) in [6.45, 7) is 1.74. The maximum absolute atomic E-state index is 5.70. The van der Waals surface area contributed by atoms with Gasteiger partial charge in [0.15, 0.2) is 0 Å². The number of hydrogen-bond acceptors (Lipinski definition) is 3. The third-order valence-corrected chi connectivity index (χ3v) is 3.71. The average molecular weight is 263 g/mol. The van der Waals surface area contributed by atoms with Crippen LogP contribution < -0.4 is 5.73 Å². The highest BCUT2D eigenvalue weighted by atomic mass is 32.1. The minimum Gasteiger partial charge on any atom is -0.392 e. The summed E-state index contributed by atoms with van der Waals surface area (Å²) in [6, 6.07) is 6.73. The predicted molar refractivity (Wildman–Crippen MR) is 78.6 cm³/mol. The maximum atomic E-state index is 5.70. The van der Waals surface area contributed by atoms with Crippen LogP contribution in [0.2, 0.25) is 0 Å². The van der Waals surface area contributed by atoms with Crippen LogP contribution >= 0.6 is 12.2 Å².